The van der Waals surface area contributed by atoms with Gasteiger partial charge in [-0.1, -0.05) is 194 Å². The highest BCUT2D eigenvalue weighted by atomic mass is 16.3. The molecule has 0 fully saturated rings. The van der Waals surface area contributed by atoms with Crippen LogP contribution < -0.4 is 9.80 Å². The quantitative estimate of drug-likeness (QED) is 0.144. The van der Waals surface area contributed by atoms with Gasteiger partial charge in [0.15, 0.2) is 0 Å². The van der Waals surface area contributed by atoms with Crippen LogP contribution in [0.4, 0.5) is 34.1 Å². The molecule has 1 aromatic heterocycles. The first kappa shape index (κ1) is 39.4. The second kappa shape index (κ2) is 16.2. The third kappa shape index (κ3) is 6.28. The van der Waals surface area contributed by atoms with Gasteiger partial charge in [-0.15, -0.1) is 0 Å². The van der Waals surface area contributed by atoms with Crippen LogP contribution in [0.25, 0.3) is 55.0 Å². The van der Waals surface area contributed by atoms with Crippen LogP contribution in [0.5, 0.6) is 0 Å². The topological polar surface area (TPSA) is 19.6 Å². The van der Waals surface area contributed by atoms with Crippen LogP contribution in [-0.4, -0.2) is 0 Å². The molecule has 1 aliphatic carbocycles. The molecule has 1 aliphatic rings. The second-order valence-electron chi connectivity index (χ2n) is 17.6. The lowest BCUT2D eigenvalue weighted by Gasteiger charge is -2.34. The normalized spacial score (nSPS) is 12.5. The van der Waals surface area contributed by atoms with E-state index in [9.17, 15) is 0 Å². The molecule has 12 aromatic rings. The van der Waals surface area contributed by atoms with Crippen LogP contribution in [0.2, 0.25) is 0 Å². The number of hydrogen-bond acceptors (Lipinski definition) is 3. The smallest absolute Gasteiger partial charge is 0.140 e. The van der Waals surface area contributed by atoms with Gasteiger partial charge in [0.25, 0.3) is 0 Å². The fourth-order valence-corrected chi connectivity index (χ4v) is 10.9. The van der Waals surface area contributed by atoms with E-state index in [2.05, 4.69) is 277 Å². The minimum absolute atomic E-state index is 0.620. The Morgan fingerprint density at radius 3 is 1.34 bits per heavy atom. The predicted molar refractivity (Wildman–Crippen MR) is 283 cm³/mol. The summed E-state index contributed by atoms with van der Waals surface area (Å²) in [6.07, 6.45) is 0. The van der Waals surface area contributed by atoms with Crippen molar-refractivity contribution in [2.45, 2.75) is 5.41 Å². The first-order valence-corrected chi connectivity index (χ1v) is 23.3. The molecule has 0 atom stereocenters. The fraction of sp³-hybridized carbons (Fsp3) is 0.0154. The van der Waals surface area contributed by atoms with E-state index < -0.39 is 5.41 Å². The zero-order valence-corrected chi connectivity index (χ0v) is 37.2. The van der Waals surface area contributed by atoms with Crippen molar-refractivity contribution in [3.63, 3.8) is 0 Å². The average molecular weight is 869 g/mol. The van der Waals surface area contributed by atoms with Crippen LogP contribution in [0, 0.1) is 0 Å². The Hall–Kier alpha value is -8.92. The van der Waals surface area contributed by atoms with Crippen molar-refractivity contribution in [1.82, 2.24) is 0 Å². The molecule has 0 saturated heterocycles. The summed E-state index contributed by atoms with van der Waals surface area (Å²) >= 11 is 0. The summed E-state index contributed by atoms with van der Waals surface area (Å²) in [5.74, 6) is 0.930. The summed E-state index contributed by atoms with van der Waals surface area (Å²) in [5, 5.41) is 5.97. The molecule has 0 N–H and O–H groups in total. The Kier molecular flexibility index (Phi) is 9.40. The number of fused-ring (bicyclic) bond motifs is 7. The number of para-hydroxylation sites is 2. The molecule has 0 spiro atoms. The largest absolute Gasteiger partial charge is 0.456 e. The number of benzene rings is 11. The van der Waals surface area contributed by atoms with Crippen LogP contribution in [0.3, 0.4) is 0 Å². The SMILES string of the molecule is c1ccc(N(c2ccc(-c3ccc(N(c4cccc5ccccc45)c4cccc5ccccc45)cc3)cc2)c2ccc3c(c2)C(c2ccccc2)(c2ccccc2)c2c-3oc3ccccc23)cc1. The van der Waals surface area contributed by atoms with Gasteiger partial charge in [0.05, 0.1) is 16.8 Å². The number of rotatable bonds is 9. The first-order valence-electron chi connectivity index (χ1n) is 23.3. The van der Waals surface area contributed by atoms with Gasteiger partial charge in [0.2, 0.25) is 0 Å². The Balaban J connectivity index is 0.916. The molecule has 0 amide bonds. The van der Waals surface area contributed by atoms with Gasteiger partial charge in [-0.3, -0.25) is 0 Å². The Morgan fingerprint density at radius 2 is 0.765 bits per heavy atom. The molecule has 68 heavy (non-hydrogen) atoms. The van der Waals surface area contributed by atoms with Gasteiger partial charge in [-0.25, -0.2) is 0 Å². The molecule has 320 valence electrons. The summed E-state index contributed by atoms with van der Waals surface area (Å²) in [6.45, 7) is 0. The molecule has 0 saturated carbocycles. The van der Waals surface area contributed by atoms with Gasteiger partial charge >= 0.3 is 0 Å². The minimum Gasteiger partial charge on any atom is -0.456 e. The summed E-state index contributed by atoms with van der Waals surface area (Å²) < 4.78 is 6.84. The number of anilines is 6. The Morgan fingerprint density at radius 1 is 0.324 bits per heavy atom. The number of hydrogen-bond donors (Lipinski definition) is 0. The minimum atomic E-state index is -0.620. The lowest BCUT2D eigenvalue weighted by Crippen LogP contribution is -2.28. The van der Waals surface area contributed by atoms with E-state index in [1.165, 1.54) is 43.8 Å². The van der Waals surface area contributed by atoms with Crippen molar-refractivity contribution in [3.8, 4) is 22.5 Å². The van der Waals surface area contributed by atoms with E-state index in [1.54, 1.807) is 0 Å². The molecule has 13 rings (SSSR count). The van der Waals surface area contributed by atoms with Crippen LogP contribution in [-0.2, 0) is 5.41 Å². The van der Waals surface area contributed by atoms with Crippen LogP contribution in [0.15, 0.2) is 271 Å². The molecular formula is C65H44N2O. The maximum Gasteiger partial charge on any atom is 0.140 e. The second-order valence-corrected chi connectivity index (χ2v) is 17.6. The Labute approximate surface area is 396 Å². The Bertz CT molecular complexity index is 3660. The van der Waals surface area contributed by atoms with E-state index in [0.29, 0.717) is 0 Å². The van der Waals surface area contributed by atoms with E-state index >= 15 is 0 Å². The van der Waals surface area contributed by atoms with Crippen molar-refractivity contribution in [2.75, 3.05) is 9.80 Å². The molecule has 3 heteroatoms. The maximum absolute atomic E-state index is 6.84. The monoisotopic (exact) mass is 868 g/mol. The lowest BCUT2D eigenvalue weighted by atomic mass is 9.67. The molecule has 11 aromatic carbocycles. The van der Waals surface area contributed by atoms with Crippen molar-refractivity contribution in [2.24, 2.45) is 0 Å². The average Bonchev–Trinajstić information content (AvgIpc) is 3.93. The van der Waals surface area contributed by atoms with Gasteiger partial charge in [-0.05, 0) is 111 Å². The van der Waals surface area contributed by atoms with Crippen molar-refractivity contribution < 1.29 is 4.42 Å². The van der Waals surface area contributed by atoms with Crippen LogP contribution >= 0.6 is 0 Å². The number of nitrogens with zero attached hydrogens (tertiary/aromatic N) is 2. The van der Waals surface area contributed by atoms with Crippen molar-refractivity contribution in [1.29, 1.82) is 0 Å². The molecule has 0 unspecified atom stereocenters. The lowest BCUT2D eigenvalue weighted by molar-refractivity contribution is 0.628. The zero-order valence-electron chi connectivity index (χ0n) is 37.2. The summed E-state index contributed by atoms with van der Waals surface area (Å²) in [4.78, 5) is 4.78. The first-order chi connectivity index (χ1) is 33.7. The highest BCUT2D eigenvalue weighted by molar-refractivity contribution is 6.05. The molecular weight excluding hydrogens is 825 g/mol. The van der Waals surface area contributed by atoms with E-state index in [-0.39, 0.29) is 0 Å². The maximum atomic E-state index is 6.84. The highest BCUT2D eigenvalue weighted by Crippen LogP contribution is 2.60. The fourth-order valence-electron chi connectivity index (χ4n) is 10.9. The summed E-state index contributed by atoms with van der Waals surface area (Å²) in [7, 11) is 0. The van der Waals surface area contributed by atoms with E-state index in [1.807, 2.05) is 0 Å². The predicted octanol–water partition coefficient (Wildman–Crippen LogP) is 17.7. The van der Waals surface area contributed by atoms with Gasteiger partial charge in [0.1, 0.15) is 11.3 Å². The van der Waals surface area contributed by atoms with Crippen LogP contribution in [0.1, 0.15) is 22.3 Å². The highest BCUT2D eigenvalue weighted by Gasteiger charge is 2.50. The summed E-state index contributed by atoms with van der Waals surface area (Å²) in [5.41, 5.74) is 15.1. The van der Waals surface area contributed by atoms with Crippen molar-refractivity contribution >= 4 is 66.6 Å². The van der Waals surface area contributed by atoms with Crippen molar-refractivity contribution in [3.05, 3.63) is 289 Å². The number of furan rings is 1. The zero-order chi connectivity index (χ0) is 45.0. The molecule has 0 bridgehead atoms. The summed E-state index contributed by atoms with van der Waals surface area (Å²) in [6, 6.07) is 96.5. The van der Waals surface area contributed by atoms with Gasteiger partial charge < -0.3 is 14.2 Å². The molecule has 3 nitrogen and oxygen atoms in total. The third-order valence-corrected chi connectivity index (χ3v) is 13.9. The van der Waals surface area contributed by atoms with E-state index in [4.69, 9.17) is 4.42 Å². The standard InChI is InChI=1S/C65H44N2O/c1-4-22-49(23-5-1)65(50-24-6-2-7-25-50)59-44-54(42-43-57(59)64-63(65)58-30-14-15-33-62(58)68-64)66(51-26-8-3-9-27-51)52-38-34-45(35-39-52)46-36-40-53(41-37-46)67(60-31-16-20-47-18-10-12-28-55(47)60)61-32-17-21-48-19-11-13-29-56(48)61/h1-44H. The van der Waals surface area contributed by atoms with E-state index in [0.717, 1.165) is 67.5 Å². The van der Waals surface area contributed by atoms with Gasteiger partial charge in [-0.2, -0.15) is 0 Å². The third-order valence-electron chi connectivity index (χ3n) is 13.9. The van der Waals surface area contributed by atoms with Gasteiger partial charge in [0, 0.05) is 50.0 Å². The molecule has 0 radical (unpaired) electrons. The molecule has 1 heterocycles. The molecule has 0 aliphatic heterocycles.